The van der Waals surface area contributed by atoms with E-state index in [9.17, 15) is 27.9 Å². The molecule has 0 unspecified atom stereocenters. The fourth-order valence-corrected chi connectivity index (χ4v) is 4.98. The van der Waals surface area contributed by atoms with E-state index in [0.29, 0.717) is 19.1 Å². The van der Waals surface area contributed by atoms with Crippen molar-refractivity contribution >= 4 is 17.2 Å². The second-order valence-electron chi connectivity index (χ2n) is 7.93. The largest absolute Gasteiger partial charge is 0.503 e. The van der Waals surface area contributed by atoms with E-state index in [1.807, 2.05) is 6.92 Å². The van der Waals surface area contributed by atoms with Crippen LogP contribution in [0.25, 0.3) is 10.6 Å². The molecule has 0 aliphatic carbocycles. The van der Waals surface area contributed by atoms with Gasteiger partial charge in [-0.15, -0.1) is 10.2 Å². The number of nitrogens with zero attached hydrogens (tertiary/aromatic N) is 4. The number of aromatic hydroxyl groups is 1. The minimum Gasteiger partial charge on any atom is -0.503 e. The molecular weight excluding hydrogens is 461 g/mol. The zero-order chi connectivity index (χ0) is 23.4. The highest BCUT2D eigenvalue weighted by Gasteiger charge is 2.40. The van der Waals surface area contributed by atoms with Gasteiger partial charge in [0, 0.05) is 24.7 Å². The molecule has 0 saturated carbocycles. The standard InChI is InChI=1S/C21H17F3N4O4S/c1-9-2-3-32-16-8-27-7-11(18(29)19(30)17(27)21(31)28(9)16)20-26-25-15(33-20)5-10-4-13(23)14(24)6-12(10)22/h4,6-7,9,16,30H,2-3,5,8H2,1H3/t9-,16+/m1/s1. The first-order chi connectivity index (χ1) is 15.7. The van der Waals surface area contributed by atoms with E-state index in [0.717, 1.165) is 17.4 Å². The molecule has 1 aromatic carbocycles. The van der Waals surface area contributed by atoms with E-state index >= 15 is 0 Å². The monoisotopic (exact) mass is 478 g/mol. The van der Waals surface area contributed by atoms with Crippen LogP contribution in [0.15, 0.2) is 23.1 Å². The number of ether oxygens (including phenoxy) is 1. The van der Waals surface area contributed by atoms with Gasteiger partial charge in [0.2, 0.25) is 5.43 Å². The van der Waals surface area contributed by atoms with Crippen molar-refractivity contribution in [3.8, 4) is 16.3 Å². The Bertz CT molecular complexity index is 1340. The van der Waals surface area contributed by atoms with Crippen molar-refractivity contribution in [3.05, 3.63) is 62.3 Å². The molecule has 8 nitrogen and oxygen atoms in total. The van der Waals surface area contributed by atoms with E-state index in [2.05, 4.69) is 10.2 Å². The van der Waals surface area contributed by atoms with Crippen molar-refractivity contribution in [3.63, 3.8) is 0 Å². The first-order valence-corrected chi connectivity index (χ1v) is 10.9. The third-order valence-electron chi connectivity index (χ3n) is 5.81. The fourth-order valence-electron chi connectivity index (χ4n) is 4.11. The van der Waals surface area contributed by atoms with Crippen LogP contribution in [-0.4, -0.2) is 49.6 Å². The summed E-state index contributed by atoms with van der Waals surface area (Å²) in [5.41, 5.74) is -1.02. The highest BCUT2D eigenvalue weighted by molar-refractivity contribution is 7.14. The number of rotatable bonds is 3. The first-order valence-electron chi connectivity index (χ1n) is 10.1. The lowest BCUT2D eigenvalue weighted by Gasteiger charge is -2.44. The molecule has 1 amide bonds. The molecule has 0 radical (unpaired) electrons. The smallest absolute Gasteiger partial charge is 0.276 e. The number of hydrogen-bond donors (Lipinski definition) is 1. The number of amides is 1. The molecule has 33 heavy (non-hydrogen) atoms. The molecule has 0 spiro atoms. The molecular formula is C21H17F3N4O4S. The lowest BCUT2D eigenvalue weighted by atomic mass is 10.1. The molecule has 0 bridgehead atoms. The van der Waals surface area contributed by atoms with Crippen LogP contribution in [0.5, 0.6) is 5.75 Å². The van der Waals surface area contributed by atoms with Gasteiger partial charge in [-0.1, -0.05) is 11.3 Å². The molecule has 2 aromatic heterocycles. The number of hydrogen-bond acceptors (Lipinski definition) is 7. The summed E-state index contributed by atoms with van der Waals surface area (Å²) in [7, 11) is 0. The van der Waals surface area contributed by atoms with Crippen LogP contribution in [0.4, 0.5) is 13.2 Å². The quantitative estimate of drug-likeness (QED) is 0.582. The SMILES string of the molecule is C[C@@H]1CCO[C@H]2Cn3cc(-c4nnc(Cc5cc(F)c(F)cc5F)s4)c(=O)c(O)c3C(=O)N12. The Kier molecular flexibility index (Phi) is 5.20. The summed E-state index contributed by atoms with van der Waals surface area (Å²) in [4.78, 5) is 27.4. The normalized spacial score (nSPS) is 20.0. The number of halogens is 3. The molecule has 4 heterocycles. The summed E-state index contributed by atoms with van der Waals surface area (Å²) in [5.74, 6) is -4.60. The van der Waals surface area contributed by atoms with Gasteiger partial charge >= 0.3 is 0 Å². The highest BCUT2D eigenvalue weighted by Crippen LogP contribution is 2.32. The van der Waals surface area contributed by atoms with Crippen LogP contribution < -0.4 is 5.43 Å². The summed E-state index contributed by atoms with van der Waals surface area (Å²) < 4.78 is 47.8. The minimum atomic E-state index is -1.30. The molecule has 5 rings (SSSR count). The maximum absolute atomic E-state index is 14.0. The molecule has 3 aromatic rings. The summed E-state index contributed by atoms with van der Waals surface area (Å²) in [6.45, 7) is 2.59. The van der Waals surface area contributed by atoms with Crippen molar-refractivity contribution in [2.45, 2.75) is 38.6 Å². The minimum absolute atomic E-state index is 0.0101. The van der Waals surface area contributed by atoms with Gasteiger partial charge in [0.1, 0.15) is 10.8 Å². The number of fused-ring (bicyclic) bond motifs is 2. The number of carbonyl (C=O) groups is 1. The van der Waals surface area contributed by atoms with E-state index in [-0.39, 0.29) is 45.8 Å². The average molecular weight is 478 g/mol. The van der Waals surface area contributed by atoms with Crippen molar-refractivity contribution in [1.29, 1.82) is 0 Å². The highest BCUT2D eigenvalue weighted by atomic mass is 32.1. The van der Waals surface area contributed by atoms with Gasteiger partial charge in [0.25, 0.3) is 5.91 Å². The van der Waals surface area contributed by atoms with Crippen molar-refractivity contribution in [1.82, 2.24) is 19.7 Å². The van der Waals surface area contributed by atoms with E-state index in [1.54, 1.807) is 0 Å². The molecule has 2 aliphatic rings. The predicted octanol–water partition coefficient (Wildman–Crippen LogP) is 2.67. The van der Waals surface area contributed by atoms with Crippen molar-refractivity contribution in [2.75, 3.05) is 6.61 Å². The Balaban J connectivity index is 1.50. The number of aromatic nitrogens is 3. The predicted molar refractivity (Wildman–Crippen MR) is 110 cm³/mol. The van der Waals surface area contributed by atoms with Crippen LogP contribution in [0.1, 0.15) is 34.4 Å². The second-order valence-corrected chi connectivity index (χ2v) is 8.99. The molecule has 2 aliphatic heterocycles. The molecule has 1 fully saturated rings. The molecule has 172 valence electrons. The molecule has 1 N–H and O–H groups in total. The summed E-state index contributed by atoms with van der Waals surface area (Å²) in [5, 5.41) is 18.8. The van der Waals surface area contributed by atoms with E-state index in [4.69, 9.17) is 4.74 Å². The maximum Gasteiger partial charge on any atom is 0.276 e. The van der Waals surface area contributed by atoms with Crippen LogP contribution in [-0.2, 0) is 17.7 Å². The Hall–Kier alpha value is -3.25. The van der Waals surface area contributed by atoms with Crippen LogP contribution in [0, 0.1) is 17.5 Å². The van der Waals surface area contributed by atoms with Crippen LogP contribution in [0.2, 0.25) is 0 Å². The summed E-state index contributed by atoms with van der Waals surface area (Å²) in [6, 6.07) is 1.10. The van der Waals surface area contributed by atoms with E-state index < -0.39 is 40.8 Å². The Morgan fingerprint density at radius 2 is 1.94 bits per heavy atom. The Labute approximate surface area is 188 Å². The molecule has 1 saturated heterocycles. The van der Waals surface area contributed by atoms with Crippen molar-refractivity contribution in [2.24, 2.45) is 0 Å². The van der Waals surface area contributed by atoms with Gasteiger partial charge in [-0.2, -0.15) is 0 Å². The topological polar surface area (TPSA) is 97.5 Å². The van der Waals surface area contributed by atoms with Gasteiger partial charge in [-0.3, -0.25) is 9.59 Å². The van der Waals surface area contributed by atoms with E-state index in [1.165, 1.54) is 15.7 Å². The number of pyridine rings is 1. The number of carbonyl (C=O) groups excluding carboxylic acids is 1. The Morgan fingerprint density at radius 3 is 2.73 bits per heavy atom. The third-order valence-corrected chi connectivity index (χ3v) is 6.76. The summed E-state index contributed by atoms with van der Waals surface area (Å²) >= 11 is 0.941. The van der Waals surface area contributed by atoms with Crippen molar-refractivity contribution < 1.29 is 27.8 Å². The third kappa shape index (κ3) is 3.59. The van der Waals surface area contributed by atoms with Gasteiger partial charge in [-0.25, -0.2) is 13.2 Å². The van der Waals surface area contributed by atoms with Gasteiger partial charge in [0.05, 0.1) is 18.7 Å². The second kappa shape index (κ2) is 7.96. The average Bonchev–Trinajstić information content (AvgIpc) is 3.22. The number of benzene rings is 1. The van der Waals surface area contributed by atoms with Crippen LogP contribution in [0.3, 0.4) is 0 Å². The first kappa shape index (κ1) is 21.6. The maximum atomic E-state index is 14.0. The Morgan fingerprint density at radius 1 is 1.18 bits per heavy atom. The van der Waals surface area contributed by atoms with Gasteiger partial charge in [-0.05, 0) is 25.0 Å². The molecule has 12 heteroatoms. The summed E-state index contributed by atoms with van der Waals surface area (Å²) in [6.07, 6.45) is 1.37. The zero-order valence-corrected chi connectivity index (χ0v) is 18.0. The molecule has 2 atom stereocenters. The van der Waals surface area contributed by atoms with Crippen LogP contribution >= 0.6 is 11.3 Å². The lowest BCUT2D eigenvalue weighted by Crippen LogP contribution is -2.56. The van der Waals surface area contributed by atoms with Gasteiger partial charge < -0.3 is 19.3 Å². The zero-order valence-electron chi connectivity index (χ0n) is 17.2. The lowest BCUT2D eigenvalue weighted by molar-refractivity contribution is -0.112. The van der Waals surface area contributed by atoms with Gasteiger partial charge in [0.15, 0.2) is 34.3 Å². The fraction of sp³-hybridized carbons (Fsp3) is 0.333.